The first-order valence-corrected chi connectivity index (χ1v) is 12.4. The minimum atomic E-state index is -3.84. The number of halogens is 1. The molecule has 6 heteroatoms. The summed E-state index contributed by atoms with van der Waals surface area (Å²) in [4.78, 5) is 0.0518. The molecule has 0 unspecified atom stereocenters. The van der Waals surface area contributed by atoms with Crippen LogP contribution in [0.2, 0.25) is 0 Å². The van der Waals surface area contributed by atoms with Crippen molar-refractivity contribution < 1.29 is 8.42 Å². The maximum absolute atomic E-state index is 11.9. The Bertz CT molecular complexity index is 1390. The van der Waals surface area contributed by atoms with Crippen molar-refractivity contribution in [2.75, 3.05) is 0 Å². The Morgan fingerprint density at radius 2 is 1.16 bits per heavy atom. The van der Waals surface area contributed by atoms with Crippen molar-refractivity contribution in [2.24, 2.45) is 0 Å². The molecule has 0 N–H and O–H groups in total. The molecule has 0 radical (unpaired) electrons. The topological polar surface area (TPSA) is 52.0 Å². The summed E-state index contributed by atoms with van der Waals surface area (Å²) in [7, 11) is 1.75. The van der Waals surface area contributed by atoms with E-state index >= 15 is 0 Å². The molecule has 0 aliphatic heterocycles. The van der Waals surface area contributed by atoms with Crippen LogP contribution in [0.5, 0.6) is 0 Å². The molecule has 32 heavy (non-hydrogen) atoms. The highest BCUT2D eigenvalue weighted by molar-refractivity contribution is 8.13. The fourth-order valence-corrected chi connectivity index (χ4v) is 5.12. The number of fused-ring (bicyclic) bond motifs is 1. The van der Waals surface area contributed by atoms with Gasteiger partial charge in [-0.15, -0.1) is 0 Å². The molecule has 5 rings (SSSR count). The molecule has 1 aromatic heterocycles. The van der Waals surface area contributed by atoms with Gasteiger partial charge in [-0.1, -0.05) is 91.0 Å². The molecule has 158 valence electrons. The molecule has 1 heterocycles. The number of aromatic nitrogens is 2. The average Bonchev–Trinajstić information content (AvgIpc) is 3.25. The molecule has 0 saturated heterocycles. The van der Waals surface area contributed by atoms with E-state index < -0.39 is 14.6 Å². The molecule has 0 aliphatic carbocycles. The summed E-state index contributed by atoms with van der Waals surface area (Å²) in [5.74, 6) is 0. The Hall–Kier alpha value is -3.41. The lowest BCUT2D eigenvalue weighted by Crippen LogP contribution is -2.38. The molecule has 0 amide bonds. The molecule has 0 bridgehead atoms. The minimum absolute atomic E-state index is 0.0518. The van der Waals surface area contributed by atoms with Crippen molar-refractivity contribution >= 4 is 30.6 Å². The smallest absolute Gasteiger partial charge is 0.245 e. The van der Waals surface area contributed by atoms with Gasteiger partial charge in [-0.05, 0) is 34.9 Å². The van der Waals surface area contributed by atoms with Gasteiger partial charge in [0.05, 0.1) is 16.6 Å². The zero-order valence-electron chi connectivity index (χ0n) is 17.0. The lowest BCUT2D eigenvalue weighted by Gasteiger charge is -2.37. The van der Waals surface area contributed by atoms with E-state index in [-0.39, 0.29) is 4.90 Å². The highest BCUT2D eigenvalue weighted by atomic mass is 35.7. The molecular formula is C26H19ClN2O2S. The van der Waals surface area contributed by atoms with Gasteiger partial charge in [-0.2, -0.15) is 5.10 Å². The van der Waals surface area contributed by atoms with Crippen molar-refractivity contribution in [2.45, 2.75) is 10.4 Å². The first kappa shape index (κ1) is 20.5. The van der Waals surface area contributed by atoms with Crippen molar-refractivity contribution in [3.8, 4) is 0 Å². The summed E-state index contributed by atoms with van der Waals surface area (Å²) in [6.45, 7) is 0. The number of rotatable bonds is 5. The number of hydrogen-bond donors (Lipinski definition) is 0. The van der Waals surface area contributed by atoms with Gasteiger partial charge in [-0.25, -0.2) is 13.1 Å². The van der Waals surface area contributed by atoms with Crippen LogP contribution in [0.4, 0.5) is 0 Å². The molecule has 5 aromatic rings. The first-order chi connectivity index (χ1) is 15.5. The van der Waals surface area contributed by atoms with E-state index in [0.29, 0.717) is 5.39 Å². The number of hydrogen-bond acceptors (Lipinski definition) is 3. The summed E-state index contributed by atoms with van der Waals surface area (Å²) in [6.07, 6.45) is 1.68. The zero-order chi connectivity index (χ0) is 22.2. The number of benzene rings is 4. The zero-order valence-corrected chi connectivity index (χ0v) is 18.5. The summed E-state index contributed by atoms with van der Waals surface area (Å²) in [6, 6.07) is 35.4. The summed E-state index contributed by atoms with van der Waals surface area (Å²) in [5.41, 5.74) is 3.14. The van der Waals surface area contributed by atoms with Crippen LogP contribution in [0.15, 0.2) is 120 Å². The number of nitrogens with zero attached hydrogens (tertiary/aromatic N) is 2. The molecule has 0 spiro atoms. The van der Waals surface area contributed by atoms with E-state index in [1.165, 1.54) is 6.07 Å². The van der Waals surface area contributed by atoms with E-state index in [0.717, 1.165) is 22.2 Å². The normalized spacial score (nSPS) is 12.2. The Morgan fingerprint density at radius 3 is 1.59 bits per heavy atom. The fourth-order valence-electron chi connectivity index (χ4n) is 4.33. The second-order valence-electron chi connectivity index (χ2n) is 7.52. The molecule has 0 fully saturated rings. The lowest BCUT2D eigenvalue weighted by atomic mass is 9.77. The fraction of sp³-hybridized carbons (Fsp3) is 0.0385. The predicted octanol–water partition coefficient (Wildman–Crippen LogP) is 5.80. The summed E-state index contributed by atoms with van der Waals surface area (Å²) < 4.78 is 25.7. The second-order valence-corrected chi connectivity index (χ2v) is 10.1. The summed E-state index contributed by atoms with van der Waals surface area (Å²) in [5, 5.41) is 5.49. The van der Waals surface area contributed by atoms with Crippen molar-refractivity contribution in [3.63, 3.8) is 0 Å². The third-order valence-electron chi connectivity index (χ3n) is 5.71. The van der Waals surface area contributed by atoms with Gasteiger partial charge in [0.25, 0.3) is 9.05 Å². The third-order valence-corrected chi connectivity index (χ3v) is 7.06. The van der Waals surface area contributed by atoms with Gasteiger partial charge >= 0.3 is 0 Å². The van der Waals surface area contributed by atoms with Crippen LogP contribution in [-0.4, -0.2) is 18.2 Å². The van der Waals surface area contributed by atoms with Crippen LogP contribution >= 0.6 is 10.7 Å². The molecule has 0 saturated carbocycles. The maximum Gasteiger partial charge on any atom is 0.261 e. The Balaban J connectivity index is 1.91. The highest BCUT2D eigenvalue weighted by Crippen LogP contribution is 2.42. The quantitative estimate of drug-likeness (QED) is 0.247. The Kier molecular flexibility index (Phi) is 5.08. The van der Waals surface area contributed by atoms with Gasteiger partial charge in [-0.3, -0.25) is 0 Å². The largest absolute Gasteiger partial charge is 0.261 e. The van der Waals surface area contributed by atoms with Crippen molar-refractivity contribution in [1.29, 1.82) is 0 Å². The standard InChI is InChI=1S/C26H19ClN2O2S/c27-32(30,31)24-16-17-25-20(18-24)19-28-29(25)26(21-10-4-1-5-11-21,22-12-6-2-7-13-22)23-14-8-3-9-15-23/h1-19H. The first-order valence-electron chi connectivity index (χ1n) is 10.1. The lowest BCUT2D eigenvalue weighted by molar-refractivity contribution is 0.476. The van der Waals surface area contributed by atoms with Crippen molar-refractivity contribution in [3.05, 3.63) is 132 Å². The van der Waals surface area contributed by atoms with Gasteiger partial charge in [0.1, 0.15) is 5.54 Å². The SMILES string of the molecule is O=S(=O)(Cl)c1ccc2c(cnn2C(c2ccccc2)(c2ccccc2)c2ccccc2)c1. The van der Waals surface area contributed by atoms with Crippen LogP contribution < -0.4 is 0 Å². The van der Waals surface area contributed by atoms with E-state index in [4.69, 9.17) is 15.8 Å². The van der Waals surface area contributed by atoms with Gasteiger partial charge in [0, 0.05) is 16.1 Å². The average molecular weight is 459 g/mol. The Labute approximate surface area is 191 Å². The van der Waals surface area contributed by atoms with Gasteiger partial charge in [0.15, 0.2) is 0 Å². The van der Waals surface area contributed by atoms with E-state index in [1.807, 2.05) is 59.3 Å². The molecule has 0 atom stereocenters. The van der Waals surface area contributed by atoms with Gasteiger partial charge in [0.2, 0.25) is 0 Å². The monoisotopic (exact) mass is 458 g/mol. The van der Waals surface area contributed by atoms with Crippen LogP contribution in [0.3, 0.4) is 0 Å². The highest BCUT2D eigenvalue weighted by Gasteiger charge is 2.40. The predicted molar refractivity (Wildman–Crippen MR) is 127 cm³/mol. The van der Waals surface area contributed by atoms with Crippen LogP contribution in [0.25, 0.3) is 10.9 Å². The van der Waals surface area contributed by atoms with Gasteiger partial charge < -0.3 is 0 Å². The van der Waals surface area contributed by atoms with Crippen LogP contribution in [0, 0.1) is 0 Å². The third kappa shape index (κ3) is 3.30. The summed E-state index contributed by atoms with van der Waals surface area (Å²) >= 11 is 0. The van der Waals surface area contributed by atoms with Crippen LogP contribution in [0.1, 0.15) is 16.7 Å². The molecule has 4 nitrogen and oxygen atoms in total. The Morgan fingerprint density at radius 1 is 0.688 bits per heavy atom. The van der Waals surface area contributed by atoms with Crippen molar-refractivity contribution in [1.82, 2.24) is 9.78 Å². The molecular weight excluding hydrogens is 440 g/mol. The van der Waals surface area contributed by atoms with E-state index in [9.17, 15) is 8.42 Å². The van der Waals surface area contributed by atoms with Crippen LogP contribution in [-0.2, 0) is 14.6 Å². The maximum atomic E-state index is 11.9. The molecule has 4 aromatic carbocycles. The van der Waals surface area contributed by atoms with E-state index in [2.05, 4.69) is 36.4 Å². The molecule has 0 aliphatic rings. The minimum Gasteiger partial charge on any atom is -0.245 e. The van der Waals surface area contributed by atoms with E-state index in [1.54, 1.807) is 18.3 Å². The second kappa shape index (κ2) is 7.93.